The first-order valence-corrected chi connectivity index (χ1v) is 26.5. The molecular formula is C53H62Br3N15O8. The first-order chi connectivity index (χ1) is 37.7. The zero-order chi connectivity index (χ0) is 58.2. The molecule has 0 spiro atoms. The van der Waals surface area contributed by atoms with E-state index in [4.69, 9.17) is 34.0 Å². The van der Waals surface area contributed by atoms with Crippen molar-refractivity contribution < 1.29 is 30.3 Å². The molecule has 418 valence electrons. The number of anilines is 5. The SMILES string of the molecule is CC(C)(C)Nc1nc(Nc2cc(C(O)CN)ccn2)cc2ccn(CCO)c(=O)c12.CCNc1nc(N)cc2ccn(CCO)c(=O)c12.NCC(O)c1ccnc(Br)c1.O=Cc1ccnc(Br)c1.[C-]#[N+]C(O)c1ccnc(Br)c1. The summed E-state index contributed by atoms with van der Waals surface area (Å²) in [5, 5.41) is 58.3. The van der Waals surface area contributed by atoms with Crippen molar-refractivity contribution in [2.24, 2.45) is 11.5 Å². The standard InChI is InChI=1S/C21H28N6O3.C12H16N4O2.C7H5BrN2O.C7H9BrN2O.C6H4BrNO/c1-21(2,3)26-19-18-14(5-7-27(8-9-28)20(18)30)11-17(25-19)24-16-10-13(4-6-23-16)15(29)12-22;1-2-14-11-10-8(7-9(13)15-11)3-4-16(5-6-17)12(10)18;1-9-7(11)5-2-3-10-6(8)4-5;8-7-3-5(1-2-10-7)6(11)4-9;7-6-3-5(4-9)1-2-8-6/h4-7,10-11,15,28-29H,8-9,12,22H2,1-3H3,(H2,23,24,25,26);3-4,7,17H,2,5-6H2,1H3,(H3,13,14,15);2-4,7,11H;1-3,6,11H,4,9H2;1-4H. The van der Waals surface area contributed by atoms with E-state index < -0.39 is 18.4 Å². The van der Waals surface area contributed by atoms with Crippen LogP contribution in [0, 0.1) is 6.57 Å². The van der Waals surface area contributed by atoms with Gasteiger partial charge in [0.1, 0.15) is 49.2 Å². The Hall–Kier alpha value is -7.16. The third-order valence-corrected chi connectivity index (χ3v) is 11.8. The van der Waals surface area contributed by atoms with Gasteiger partial charge in [-0.15, -0.1) is 0 Å². The number of aldehydes is 1. The van der Waals surface area contributed by atoms with E-state index in [1.807, 2.05) is 33.8 Å². The van der Waals surface area contributed by atoms with Gasteiger partial charge in [0, 0.05) is 81.0 Å². The average molecular weight is 1280 g/mol. The number of aliphatic hydroxyl groups is 5. The first kappa shape index (κ1) is 64.4. The number of nitrogens with zero attached hydrogens (tertiary/aromatic N) is 9. The van der Waals surface area contributed by atoms with Crippen molar-refractivity contribution in [3.63, 3.8) is 0 Å². The fraction of sp³-hybridized carbons (Fsp3) is 0.283. The second kappa shape index (κ2) is 32.0. The molecule has 0 radical (unpaired) electrons. The van der Waals surface area contributed by atoms with Gasteiger partial charge in [-0.05, 0) is 170 Å². The van der Waals surface area contributed by atoms with E-state index in [1.165, 1.54) is 15.3 Å². The van der Waals surface area contributed by atoms with Gasteiger partial charge in [-0.3, -0.25) is 19.2 Å². The summed E-state index contributed by atoms with van der Waals surface area (Å²) < 4.78 is 4.94. The number of rotatable bonds is 15. The number of carbonyl (C=O) groups is 1. The quantitative estimate of drug-likeness (QED) is 0.0301. The second-order valence-electron chi connectivity index (χ2n) is 17.6. The minimum atomic E-state index is -1.07. The molecule has 0 aromatic carbocycles. The van der Waals surface area contributed by atoms with Crippen LogP contribution in [0.2, 0.25) is 0 Å². The highest BCUT2D eigenvalue weighted by Crippen LogP contribution is 2.27. The van der Waals surface area contributed by atoms with E-state index in [-0.39, 0.29) is 56.1 Å². The Morgan fingerprint density at radius 2 is 1.18 bits per heavy atom. The Kier molecular flexibility index (Phi) is 26.1. The molecule has 0 bridgehead atoms. The summed E-state index contributed by atoms with van der Waals surface area (Å²) in [6.07, 6.45) is 7.97. The molecule has 3 atom stereocenters. The number of aliphatic hydroxyl groups excluding tert-OH is 5. The fourth-order valence-electron chi connectivity index (χ4n) is 6.89. The summed E-state index contributed by atoms with van der Waals surface area (Å²) in [5.41, 5.74) is 18.4. The smallest absolute Gasteiger partial charge is 0.352 e. The Labute approximate surface area is 480 Å². The maximum absolute atomic E-state index is 12.9. The molecule has 14 N–H and O–H groups in total. The highest BCUT2D eigenvalue weighted by molar-refractivity contribution is 9.11. The van der Waals surface area contributed by atoms with Gasteiger partial charge < -0.3 is 67.8 Å². The van der Waals surface area contributed by atoms with Crippen molar-refractivity contribution >= 4 is 105 Å². The van der Waals surface area contributed by atoms with Crippen LogP contribution in [0.5, 0.6) is 0 Å². The molecule has 23 nitrogen and oxygen atoms in total. The number of hydrogen-bond acceptors (Lipinski definition) is 20. The van der Waals surface area contributed by atoms with Crippen LogP contribution < -0.4 is 44.3 Å². The molecule has 0 aliphatic rings. The largest absolute Gasteiger partial charge is 0.395 e. The van der Waals surface area contributed by atoms with Crippen molar-refractivity contribution in [3.05, 3.63) is 178 Å². The normalized spacial score (nSPS) is 11.8. The van der Waals surface area contributed by atoms with Crippen molar-refractivity contribution in [2.45, 2.75) is 64.8 Å². The Morgan fingerprint density at radius 3 is 1.66 bits per heavy atom. The van der Waals surface area contributed by atoms with Gasteiger partial charge in [-0.1, -0.05) is 0 Å². The molecule has 8 rings (SSSR count). The van der Waals surface area contributed by atoms with E-state index >= 15 is 0 Å². The molecule has 8 heterocycles. The monoisotopic (exact) mass is 1270 g/mol. The highest BCUT2D eigenvalue weighted by atomic mass is 79.9. The van der Waals surface area contributed by atoms with Crippen LogP contribution in [-0.4, -0.2) is 109 Å². The Morgan fingerprint density at radius 1 is 0.684 bits per heavy atom. The lowest BCUT2D eigenvalue weighted by Gasteiger charge is -2.23. The van der Waals surface area contributed by atoms with Crippen LogP contribution in [0.4, 0.5) is 29.1 Å². The van der Waals surface area contributed by atoms with Crippen LogP contribution in [0.1, 0.15) is 73.2 Å². The van der Waals surface area contributed by atoms with Gasteiger partial charge in [0.05, 0.1) is 41.8 Å². The molecule has 0 fully saturated rings. The molecule has 26 heteroatoms. The lowest BCUT2D eigenvalue weighted by Crippen LogP contribution is -2.29. The number of nitrogens with two attached hydrogens (primary N) is 3. The number of nitrogens with one attached hydrogen (secondary N) is 3. The van der Waals surface area contributed by atoms with Crippen LogP contribution in [0.15, 0.2) is 133 Å². The van der Waals surface area contributed by atoms with Gasteiger partial charge in [0.2, 0.25) is 0 Å². The fourth-order valence-corrected chi connectivity index (χ4v) is 8.04. The predicted molar refractivity (Wildman–Crippen MR) is 316 cm³/mol. The van der Waals surface area contributed by atoms with E-state index in [9.17, 15) is 29.7 Å². The van der Waals surface area contributed by atoms with Crippen LogP contribution in [-0.2, 0) is 13.1 Å². The van der Waals surface area contributed by atoms with Crippen molar-refractivity contribution in [1.29, 1.82) is 0 Å². The molecule has 0 saturated carbocycles. The summed E-state index contributed by atoms with van der Waals surface area (Å²) >= 11 is 9.46. The van der Waals surface area contributed by atoms with Crippen LogP contribution in [0.3, 0.4) is 0 Å². The van der Waals surface area contributed by atoms with Crippen molar-refractivity contribution in [1.82, 2.24) is 39.0 Å². The minimum Gasteiger partial charge on any atom is -0.395 e. The molecule has 0 saturated heterocycles. The zero-order valence-corrected chi connectivity index (χ0v) is 48.3. The van der Waals surface area contributed by atoms with E-state index in [1.54, 1.807) is 97.7 Å². The predicted octanol–water partition coefficient (Wildman–Crippen LogP) is 6.38. The lowest BCUT2D eigenvalue weighted by atomic mass is 10.1. The zero-order valence-electron chi connectivity index (χ0n) is 43.5. The lowest BCUT2D eigenvalue weighted by molar-refractivity contribution is 0.112. The summed E-state index contributed by atoms with van der Waals surface area (Å²) in [6.45, 7) is 15.7. The second-order valence-corrected chi connectivity index (χ2v) is 20.1. The number of fused-ring (bicyclic) bond motifs is 2. The summed E-state index contributed by atoms with van der Waals surface area (Å²) in [6, 6.07) is 20.5. The van der Waals surface area contributed by atoms with Gasteiger partial charge in [0.15, 0.2) is 0 Å². The summed E-state index contributed by atoms with van der Waals surface area (Å²) in [7, 11) is 0. The van der Waals surface area contributed by atoms with Gasteiger partial charge in [-0.25, -0.2) is 36.5 Å². The minimum absolute atomic E-state index is 0.0790. The van der Waals surface area contributed by atoms with E-state index in [2.05, 4.69) is 98.5 Å². The Bertz CT molecular complexity index is 3430. The van der Waals surface area contributed by atoms with Crippen LogP contribution in [0.25, 0.3) is 26.4 Å². The molecule has 8 aromatic heterocycles. The number of nitrogen functional groups attached to an aromatic ring is 1. The number of hydrogen-bond donors (Lipinski definition) is 11. The number of halogens is 3. The molecular weight excluding hydrogens is 1210 g/mol. The highest BCUT2D eigenvalue weighted by Gasteiger charge is 2.18. The molecule has 0 amide bonds. The molecule has 0 aliphatic carbocycles. The first-order valence-electron chi connectivity index (χ1n) is 24.1. The number of aromatic nitrogens is 8. The van der Waals surface area contributed by atoms with Crippen molar-refractivity contribution in [3.8, 4) is 0 Å². The van der Waals surface area contributed by atoms with E-state index in [0.29, 0.717) is 82.3 Å². The molecule has 3 unspecified atom stereocenters. The molecule has 79 heavy (non-hydrogen) atoms. The summed E-state index contributed by atoms with van der Waals surface area (Å²) in [4.78, 5) is 62.9. The van der Waals surface area contributed by atoms with Gasteiger partial charge in [0.25, 0.3) is 11.1 Å². The average Bonchev–Trinajstić information content (AvgIpc) is 3.46. The van der Waals surface area contributed by atoms with Crippen LogP contribution >= 0.6 is 47.8 Å². The topological polar surface area (TPSA) is 358 Å². The van der Waals surface area contributed by atoms with Gasteiger partial charge in [-0.2, -0.15) is 0 Å². The third kappa shape index (κ3) is 20.2. The van der Waals surface area contributed by atoms with Crippen molar-refractivity contribution in [2.75, 3.05) is 54.5 Å². The number of carbonyl (C=O) groups excluding carboxylic acids is 1. The van der Waals surface area contributed by atoms with E-state index in [0.717, 1.165) is 17.2 Å². The Balaban J connectivity index is 0.000000232. The number of pyridine rings is 8. The van der Waals surface area contributed by atoms with Gasteiger partial charge >= 0.3 is 6.23 Å². The maximum Gasteiger partial charge on any atom is 0.352 e. The summed E-state index contributed by atoms with van der Waals surface area (Å²) in [5.74, 6) is 2.31. The molecule has 8 aromatic rings. The maximum atomic E-state index is 12.9. The molecule has 0 aliphatic heterocycles. The third-order valence-electron chi connectivity index (χ3n) is 10.5.